The average molecular weight is 356 g/mol. The summed E-state index contributed by atoms with van der Waals surface area (Å²) in [7, 11) is 0. The molecule has 0 bridgehead atoms. The molecule has 0 unspecified atom stereocenters. The van der Waals surface area contributed by atoms with Crippen LogP contribution in [0.2, 0.25) is 0 Å². The van der Waals surface area contributed by atoms with E-state index in [-0.39, 0.29) is 11.3 Å². The number of aromatic nitrogens is 1. The van der Waals surface area contributed by atoms with Crippen LogP contribution in [0.5, 0.6) is 0 Å². The minimum absolute atomic E-state index is 0.0416. The van der Waals surface area contributed by atoms with Gasteiger partial charge in [0.05, 0.1) is 5.56 Å². The number of anilines is 2. The summed E-state index contributed by atoms with van der Waals surface area (Å²) in [6, 6.07) is 4.40. The summed E-state index contributed by atoms with van der Waals surface area (Å²) in [6.45, 7) is 2.46. The molecule has 1 amide bonds. The minimum atomic E-state index is -0.760. The third-order valence-corrected chi connectivity index (χ3v) is 3.00. The van der Waals surface area contributed by atoms with Crippen LogP contribution in [0, 0.1) is 11.6 Å². The first-order valence-corrected chi connectivity index (χ1v) is 6.95. The second-order valence-electron chi connectivity index (χ2n) is 4.19. The van der Waals surface area contributed by atoms with Crippen molar-refractivity contribution in [3.05, 3.63) is 52.1 Å². The van der Waals surface area contributed by atoms with E-state index in [1.807, 2.05) is 6.92 Å². The number of amides is 1. The Morgan fingerprint density at radius 3 is 2.52 bits per heavy atom. The predicted molar refractivity (Wildman–Crippen MR) is 80.4 cm³/mol. The van der Waals surface area contributed by atoms with Crippen LogP contribution in [0.1, 0.15) is 17.3 Å². The number of nitrogens with one attached hydrogen (secondary N) is 2. The molecule has 1 aromatic carbocycles. The van der Waals surface area contributed by atoms with E-state index >= 15 is 0 Å². The lowest BCUT2D eigenvalue weighted by Crippen LogP contribution is -2.16. The lowest BCUT2D eigenvalue weighted by atomic mass is 10.2. The highest BCUT2D eigenvalue weighted by Gasteiger charge is 2.14. The fourth-order valence-corrected chi connectivity index (χ4v) is 2.08. The predicted octanol–water partition coefficient (Wildman–Crippen LogP) is 3.81. The van der Waals surface area contributed by atoms with Gasteiger partial charge < -0.3 is 10.6 Å². The van der Waals surface area contributed by atoms with E-state index in [9.17, 15) is 13.6 Å². The number of hydrogen-bond donors (Lipinski definition) is 2. The Kier molecular flexibility index (Phi) is 4.85. The maximum atomic E-state index is 13.1. The van der Waals surface area contributed by atoms with E-state index < -0.39 is 17.5 Å². The highest BCUT2D eigenvalue weighted by atomic mass is 79.9. The Labute approximate surface area is 128 Å². The first-order chi connectivity index (χ1) is 9.99. The molecule has 0 fully saturated rings. The third-order valence-electron chi connectivity index (χ3n) is 2.56. The Bertz CT molecular complexity index is 659. The number of benzene rings is 1. The molecule has 2 N–H and O–H groups in total. The highest BCUT2D eigenvalue weighted by Crippen LogP contribution is 2.20. The van der Waals surface area contributed by atoms with E-state index in [2.05, 4.69) is 31.5 Å². The van der Waals surface area contributed by atoms with Crippen LogP contribution < -0.4 is 10.6 Å². The molecule has 1 heterocycles. The van der Waals surface area contributed by atoms with E-state index in [1.165, 1.54) is 0 Å². The maximum absolute atomic E-state index is 13.1. The Morgan fingerprint density at radius 1 is 1.24 bits per heavy atom. The molecule has 7 heteroatoms. The molecule has 0 radical (unpaired) electrons. The molecule has 2 aromatic rings. The molecule has 110 valence electrons. The van der Waals surface area contributed by atoms with E-state index in [0.717, 1.165) is 18.2 Å². The van der Waals surface area contributed by atoms with Crippen molar-refractivity contribution >= 4 is 33.3 Å². The van der Waals surface area contributed by atoms with Gasteiger partial charge in [-0.15, -0.1) is 0 Å². The molecule has 0 spiro atoms. The monoisotopic (exact) mass is 355 g/mol. The number of rotatable bonds is 4. The fourth-order valence-electron chi connectivity index (χ4n) is 1.75. The average Bonchev–Trinajstić information content (AvgIpc) is 2.39. The number of pyridine rings is 1. The summed E-state index contributed by atoms with van der Waals surface area (Å²) >= 11 is 3.23. The van der Waals surface area contributed by atoms with Crippen molar-refractivity contribution in [2.75, 3.05) is 17.2 Å². The number of halogens is 3. The highest BCUT2D eigenvalue weighted by molar-refractivity contribution is 9.10. The lowest BCUT2D eigenvalue weighted by molar-refractivity contribution is 0.102. The lowest BCUT2D eigenvalue weighted by Gasteiger charge is -2.11. The first-order valence-electron chi connectivity index (χ1n) is 6.16. The molecule has 0 aliphatic carbocycles. The van der Waals surface area contributed by atoms with Crippen LogP contribution in [0.15, 0.2) is 34.9 Å². The zero-order chi connectivity index (χ0) is 15.4. The van der Waals surface area contributed by atoms with Crippen LogP contribution in [0.25, 0.3) is 0 Å². The molecule has 1 aromatic heterocycles. The van der Waals surface area contributed by atoms with Crippen molar-refractivity contribution in [1.29, 1.82) is 0 Å². The topological polar surface area (TPSA) is 54.0 Å². The fraction of sp³-hybridized carbons (Fsp3) is 0.143. The normalized spacial score (nSPS) is 10.3. The largest absolute Gasteiger partial charge is 0.370 e. The summed E-state index contributed by atoms with van der Waals surface area (Å²) in [6.07, 6.45) is 1.55. The number of nitrogens with zero attached hydrogens (tertiary/aromatic N) is 1. The molecule has 0 saturated heterocycles. The molecule has 4 nitrogen and oxygen atoms in total. The van der Waals surface area contributed by atoms with Crippen LogP contribution in [0.4, 0.5) is 20.3 Å². The van der Waals surface area contributed by atoms with Gasteiger partial charge in [0.25, 0.3) is 5.91 Å². The second-order valence-corrected chi connectivity index (χ2v) is 5.11. The number of carbonyl (C=O) groups excluding carboxylic acids is 1. The number of carbonyl (C=O) groups is 1. The van der Waals surface area contributed by atoms with Crippen molar-refractivity contribution in [2.45, 2.75) is 6.92 Å². The Hall–Kier alpha value is -2.02. The van der Waals surface area contributed by atoms with Crippen molar-refractivity contribution < 1.29 is 13.6 Å². The second kappa shape index (κ2) is 6.62. The third kappa shape index (κ3) is 3.98. The van der Waals surface area contributed by atoms with Crippen molar-refractivity contribution in [2.24, 2.45) is 0 Å². The molecule has 21 heavy (non-hydrogen) atoms. The van der Waals surface area contributed by atoms with Gasteiger partial charge in [0.1, 0.15) is 17.5 Å². The molecule has 0 atom stereocenters. The van der Waals surface area contributed by atoms with Gasteiger partial charge in [-0.25, -0.2) is 13.8 Å². The van der Waals surface area contributed by atoms with Gasteiger partial charge in [-0.05, 0) is 41.1 Å². The van der Waals surface area contributed by atoms with E-state index in [4.69, 9.17) is 0 Å². The van der Waals surface area contributed by atoms with Crippen LogP contribution in [-0.2, 0) is 0 Å². The summed E-state index contributed by atoms with van der Waals surface area (Å²) < 4.78 is 26.9. The van der Waals surface area contributed by atoms with Crippen LogP contribution >= 0.6 is 15.9 Å². The van der Waals surface area contributed by atoms with E-state index in [1.54, 1.807) is 12.3 Å². The molecular weight excluding hydrogens is 344 g/mol. The van der Waals surface area contributed by atoms with Gasteiger partial charge in [-0.1, -0.05) is 0 Å². The maximum Gasteiger partial charge on any atom is 0.259 e. The van der Waals surface area contributed by atoms with Crippen molar-refractivity contribution in [3.8, 4) is 0 Å². The Morgan fingerprint density at radius 2 is 1.90 bits per heavy atom. The first kappa shape index (κ1) is 15.4. The van der Waals surface area contributed by atoms with Crippen LogP contribution in [0.3, 0.4) is 0 Å². The quantitative estimate of drug-likeness (QED) is 0.876. The van der Waals surface area contributed by atoms with E-state index in [0.29, 0.717) is 16.8 Å². The molecular formula is C14H12BrF2N3O. The van der Waals surface area contributed by atoms with Gasteiger partial charge >= 0.3 is 0 Å². The van der Waals surface area contributed by atoms with Crippen molar-refractivity contribution in [3.63, 3.8) is 0 Å². The zero-order valence-corrected chi connectivity index (χ0v) is 12.7. The smallest absolute Gasteiger partial charge is 0.259 e. The van der Waals surface area contributed by atoms with Crippen molar-refractivity contribution in [1.82, 2.24) is 4.98 Å². The van der Waals surface area contributed by atoms with Gasteiger partial charge in [-0.3, -0.25) is 4.79 Å². The summed E-state index contributed by atoms with van der Waals surface area (Å²) in [5, 5.41) is 5.40. The SMILES string of the molecule is CCNc1ncc(Br)cc1C(=O)Nc1cc(F)cc(F)c1. The number of hydrogen-bond acceptors (Lipinski definition) is 3. The molecule has 0 saturated carbocycles. The summed E-state index contributed by atoms with van der Waals surface area (Å²) in [5.41, 5.74) is 0.316. The molecule has 0 aliphatic rings. The van der Waals surface area contributed by atoms with Crippen LogP contribution in [-0.4, -0.2) is 17.4 Å². The zero-order valence-electron chi connectivity index (χ0n) is 11.1. The molecule has 0 aliphatic heterocycles. The summed E-state index contributed by atoms with van der Waals surface area (Å²) in [4.78, 5) is 16.3. The minimum Gasteiger partial charge on any atom is -0.370 e. The summed E-state index contributed by atoms with van der Waals surface area (Å²) in [5.74, 6) is -1.63. The van der Waals surface area contributed by atoms with Gasteiger partial charge in [-0.2, -0.15) is 0 Å². The molecule has 2 rings (SSSR count). The Balaban J connectivity index is 2.29. The van der Waals surface area contributed by atoms with Gasteiger partial charge in [0.2, 0.25) is 0 Å². The van der Waals surface area contributed by atoms with Gasteiger partial charge in [0, 0.05) is 29.0 Å². The van der Waals surface area contributed by atoms with Gasteiger partial charge in [0.15, 0.2) is 0 Å². The standard InChI is InChI=1S/C14H12BrF2N3O/c1-2-18-13-12(3-8(15)7-19-13)14(21)20-11-5-9(16)4-10(17)6-11/h3-7H,2H2,1H3,(H,18,19)(H,20,21).